The van der Waals surface area contributed by atoms with Crippen LogP contribution in [-0.4, -0.2) is 35.2 Å². The van der Waals surface area contributed by atoms with E-state index in [0.717, 1.165) is 13.0 Å². The van der Waals surface area contributed by atoms with E-state index in [4.69, 9.17) is 0 Å². The molecule has 1 aliphatic rings. The zero-order valence-corrected chi connectivity index (χ0v) is 7.58. The average Bonchev–Trinajstić information content (AvgIpc) is 2.34. The van der Waals surface area contributed by atoms with Gasteiger partial charge in [0.25, 0.3) is 0 Å². The molecule has 0 amide bonds. The zero-order chi connectivity index (χ0) is 8.27. The lowest BCUT2D eigenvalue weighted by Crippen LogP contribution is -2.31. The van der Waals surface area contributed by atoms with E-state index < -0.39 is 0 Å². The smallest absolute Gasteiger partial charge is 0.0527 e. The summed E-state index contributed by atoms with van der Waals surface area (Å²) in [5, 5.41) is 9.20. The molecule has 0 aromatic rings. The second-order valence-corrected chi connectivity index (χ2v) is 3.51. The molecule has 2 atom stereocenters. The Morgan fingerprint density at radius 2 is 2.36 bits per heavy atom. The van der Waals surface area contributed by atoms with Crippen molar-refractivity contribution in [3.05, 3.63) is 0 Å². The summed E-state index contributed by atoms with van der Waals surface area (Å²) < 4.78 is 0. The number of rotatable bonds is 3. The van der Waals surface area contributed by atoms with E-state index in [2.05, 4.69) is 11.8 Å². The molecule has 0 spiro atoms. The Morgan fingerprint density at radius 3 is 2.91 bits per heavy atom. The lowest BCUT2D eigenvalue weighted by Gasteiger charge is -2.23. The SMILES string of the molecule is CCN1CCCC1CC(C)O. The molecule has 1 aliphatic heterocycles. The average molecular weight is 157 g/mol. The van der Waals surface area contributed by atoms with Crippen LogP contribution in [0.3, 0.4) is 0 Å². The van der Waals surface area contributed by atoms with Gasteiger partial charge in [-0.3, -0.25) is 0 Å². The third-order valence-electron chi connectivity index (χ3n) is 2.52. The molecule has 1 rings (SSSR count). The Labute approximate surface area is 69.2 Å². The van der Waals surface area contributed by atoms with Crippen LogP contribution < -0.4 is 0 Å². The molecule has 0 bridgehead atoms. The highest BCUT2D eigenvalue weighted by Crippen LogP contribution is 2.20. The van der Waals surface area contributed by atoms with Gasteiger partial charge in [-0.15, -0.1) is 0 Å². The van der Waals surface area contributed by atoms with Gasteiger partial charge in [0.15, 0.2) is 0 Å². The molecule has 0 radical (unpaired) electrons. The Bertz CT molecular complexity index is 114. The summed E-state index contributed by atoms with van der Waals surface area (Å²) in [7, 11) is 0. The monoisotopic (exact) mass is 157 g/mol. The predicted molar refractivity (Wildman–Crippen MR) is 46.6 cm³/mol. The van der Waals surface area contributed by atoms with E-state index in [1.807, 2.05) is 6.92 Å². The van der Waals surface area contributed by atoms with Crippen LogP contribution >= 0.6 is 0 Å². The molecule has 66 valence electrons. The molecule has 0 aromatic carbocycles. The van der Waals surface area contributed by atoms with Gasteiger partial charge in [-0.25, -0.2) is 0 Å². The molecule has 1 fully saturated rings. The van der Waals surface area contributed by atoms with Gasteiger partial charge in [0, 0.05) is 6.04 Å². The summed E-state index contributed by atoms with van der Waals surface area (Å²) in [5.74, 6) is 0. The second kappa shape index (κ2) is 4.07. The Kier molecular flexibility index (Phi) is 3.34. The molecule has 11 heavy (non-hydrogen) atoms. The fraction of sp³-hybridized carbons (Fsp3) is 1.00. The van der Waals surface area contributed by atoms with Crippen molar-refractivity contribution >= 4 is 0 Å². The lowest BCUT2D eigenvalue weighted by molar-refractivity contribution is 0.136. The summed E-state index contributed by atoms with van der Waals surface area (Å²) in [5.41, 5.74) is 0. The van der Waals surface area contributed by atoms with E-state index in [1.54, 1.807) is 0 Å². The van der Waals surface area contributed by atoms with Crippen LogP contribution in [0.25, 0.3) is 0 Å². The first kappa shape index (κ1) is 9.01. The summed E-state index contributed by atoms with van der Waals surface area (Å²) in [6.45, 7) is 6.44. The van der Waals surface area contributed by atoms with Crippen LogP contribution in [0, 0.1) is 0 Å². The first-order chi connectivity index (χ1) is 5.24. The fourth-order valence-electron chi connectivity index (χ4n) is 1.97. The van der Waals surface area contributed by atoms with Crippen LogP contribution in [-0.2, 0) is 0 Å². The van der Waals surface area contributed by atoms with E-state index in [-0.39, 0.29) is 6.10 Å². The largest absolute Gasteiger partial charge is 0.393 e. The van der Waals surface area contributed by atoms with Gasteiger partial charge in [-0.05, 0) is 39.3 Å². The number of hydrogen-bond acceptors (Lipinski definition) is 2. The van der Waals surface area contributed by atoms with Crippen LogP contribution in [0.5, 0.6) is 0 Å². The first-order valence-electron chi connectivity index (χ1n) is 4.66. The summed E-state index contributed by atoms with van der Waals surface area (Å²) in [6, 6.07) is 0.653. The predicted octanol–water partition coefficient (Wildman–Crippen LogP) is 1.24. The minimum absolute atomic E-state index is 0.132. The van der Waals surface area contributed by atoms with Gasteiger partial charge in [0.1, 0.15) is 0 Å². The van der Waals surface area contributed by atoms with Crippen molar-refractivity contribution in [2.45, 2.75) is 45.3 Å². The van der Waals surface area contributed by atoms with E-state index in [1.165, 1.54) is 19.4 Å². The van der Waals surface area contributed by atoms with E-state index in [0.29, 0.717) is 6.04 Å². The maximum atomic E-state index is 9.20. The maximum absolute atomic E-state index is 9.20. The standard InChI is InChI=1S/C9H19NO/c1-3-10-6-4-5-9(10)7-8(2)11/h8-9,11H,3-7H2,1-2H3. The van der Waals surface area contributed by atoms with Crippen molar-refractivity contribution < 1.29 is 5.11 Å². The van der Waals surface area contributed by atoms with Crippen LogP contribution in [0.2, 0.25) is 0 Å². The first-order valence-corrected chi connectivity index (χ1v) is 4.66. The topological polar surface area (TPSA) is 23.5 Å². The third-order valence-corrected chi connectivity index (χ3v) is 2.52. The molecule has 2 nitrogen and oxygen atoms in total. The number of hydrogen-bond donors (Lipinski definition) is 1. The second-order valence-electron chi connectivity index (χ2n) is 3.51. The third kappa shape index (κ3) is 2.46. The quantitative estimate of drug-likeness (QED) is 0.666. The van der Waals surface area contributed by atoms with Crippen molar-refractivity contribution in [3.63, 3.8) is 0 Å². The summed E-state index contributed by atoms with van der Waals surface area (Å²) >= 11 is 0. The van der Waals surface area contributed by atoms with Crippen molar-refractivity contribution in [2.75, 3.05) is 13.1 Å². The molecule has 1 N–H and O–H groups in total. The van der Waals surface area contributed by atoms with E-state index >= 15 is 0 Å². The molecule has 1 heterocycles. The number of likely N-dealkylation sites (tertiary alicyclic amines) is 1. The van der Waals surface area contributed by atoms with Crippen molar-refractivity contribution in [2.24, 2.45) is 0 Å². The zero-order valence-electron chi connectivity index (χ0n) is 7.58. The normalized spacial score (nSPS) is 29.2. The highest BCUT2D eigenvalue weighted by Gasteiger charge is 2.23. The molecule has 2 heteroatoms. The summed E-state index contributed by atoms with van der Waals surface area (Å²) in [4.78, 5) is 2.46. The van der Waals surface area contributed by atoms with Gasteiger partial charge in [-0.2, -0.15) is 0 Å². The number of nitrogens with zero attached hydrogens (tertiary/aromatic N) is 1. The van der Waals surface area contributed by atoms with E-state index in [9.17, 15) is 5.11 Å². The number of aliphatic hydroxyl groups excluding tert-OH is 1. The molecular formula is C9H19NO. The van der Waals surface area contributed by atoms with Crippen molar-refractivity contribution in [1.29, 1.82) is 0 Å². The minimum atomic E-state index is -0.132. The van der Waals surface area contributed by atoms with Crippen LogP contribution in [0.15, 0.2) is 0 Å². The number of aliphatic hydroxyl groups is 1. The van der Waals surface area contributed by atoms with Crippen molar-refractivity contribution in [3.8, 4) is 0 Å². The summed E-state index contributed by atoms with van der Waals surface area (Å²) in [6.07, 6.45) is 3.41. The highest BCUT2D eigenvalue weighted by atomic mass is 16.3. The Hall–Kier alpha value is -0.0800. The van der Waals surface area contributed by atoms with Gasteiger partial charge in [0.2, 0.25) is 0 Å². The molecular weight excluding hydrogens is 138 g/mol. The Morgan fingerprint density at radius 1 is 1.64 bits per heavy atom. The van der Waals surface area contributed by atoms with Gasteiger partial charge in [0.05, 0.1) is 6.10 Å². The van der Waals surface area contributed by atoms with Crippen LogP contribution in [0.4, 0.5) is 0 Å². The maximum Gasteiger partial charge on any atom is 0.0527 e. The molecule has 0 saturated carbocycles. The lowest BCUT2D eigenvalue weighted by atomic mass is 10.1. The Balaban J connectivity index is 2.31. The fourth-order valence-corrected chi connectivity index (χ4v) is 1.97. The molecule has 0 aromatic heterocycles. The minimum Gasteiger partial charge on any atom is -0.393 e. The molecule has 2 unspecified atom stereocenters. The van der Waals surface area contributed by atoms with Gasteiger partial charge < -0.3 is 10.0 Å². The van der Waals surface area contributed by atoms with Gasteiger partial charge >= 0.3 is 0 Å². The molecule has 0 aliphatic carbocycles. The van der Waals surface area contributed by atoms with Crippen LogP contribution in [0.1, 0.15) is 33.1 Å². The van der Waals surface area contributed by atoms with Gasteiger partial charge in [-0.1, -0.05) is 6.92 Å². The molecule has 1 saturated heterocycles. The highest BCUT2D eigenvalue weighted by molar-refractivity contribution is 4.79. The van der Waals surface area contributed by atoms with Crippen molar-refractivity contribution in [1.82, 2.24) is 4.90 Å².